The van der Waals surface area contributed by atoms with Gasteiger partial charge in [-0.05, 0) is 24.3 Å². The molecule has 1 N–H and O–H groups in total. The maximum atomic E-state index is 8.74. The van der Waals surface area contributed by atoms with E-state index in [1.165, 1.54) is 0 Å². The molecule has 0 aliphatic heterocycles. The summed E-state index contributed by atoms with van der Waals surface area (Å²) in [7, 11) is 0. The van der Waals surface area contributed by atoms with E-state index in [1.54, 1.807) is 24.3 Å². The zero-order valence-electron chi connectivity index (χ0n) is 6.13. The van der Waals surface area contributed by atoms with E-state index in [0.717, 1.165) is 4.47 Å². The van der Waals surface area contributed by atoms with E-state index in [1.807, 2.05) is 13.8 Å². The first kappa shape index (κ1) is 9.50. The average Bonchev–Trinajstić information content (AvgIpc) is 2.00. The second-order valence-electron chi connectivity index (χ2n) is 1.48. The summed E-state index contributed by atoms with van der Waals surface area (Å²) in [6.07, 6.45) is 0. The van der Waals surface area contributed by atoms with Crippen LogP contribution in [0.1, 0.15) is 13.8 Å². The lowest BCUT2D eigenvalue weighted by molar-refractivity contribution is 0.475. The van der Waals surface area contributed by atoms with Gasteiger partial charge in [0.15, 0.2) is 0 Å². The summed E-state index contributed by atoms with van der Waals surface area (Å²) in [5.74, 6) is 0.299. The highest BCUT2D eigenvalue weighted by Crippen LogP contribution is 2.13. The zero-order chi connectivity index (χ0) is 7.98. The molecule has 1 aromatic rings. The third-order valence-corrected chi connectivity index (χ3v) is 1.36. The van der Waals surface area contributed by atoms with Crippen LogP contribution >= 0.6 is 15.9 Å². The normalized spacial score (nSPS) is 7.90. The minimum atomic E-state index is 0.299. The lowest BCUT2D eigenvalue weighted by Crippen LogP contribution is -1.61. The van der Waals surface area contributed by atoms with Crippen molar-refractivity contribution in [2.24, 2.45) is 0 Å². The Labute approximate surface area is 69.8 Å². The van der Waals surface area contributed by atoms with Gasteiger partial charge in [0.2, 0.25) is 0 Å². The van der Waals surface area contributed by atoms with Crippen LogP contribution in [0.15, 0.2) is 28.7 Å². The topological polar surface area (TPSA) is 20.2 Å². The molecule has 56 valence electrons. The fraction of sp³-hybridized carbons (Fsp3) is 0.250. The Hall–Kier alpha value is -0.500. The van der Waals surface area contributed by atoms with Crippen molar-refractivity contribution in [1.29, 1.82) is 0 Å². The summed E-state index contributed by atoms with van der Waals surface area (Å²) in [6, 6.07) is 6.83. The number of phenols is 1. The lowest BCUT2D eigenvalue weighted by atomic mass is 10.3. The van der Waals surface area contributed by atoms with Crippen molar-refractivity contribution >= 4 is 15.9 Å². The standard InChI is InChI=1S/C6H5BrO.C2H6/c7-5-1-3-6(8)4-2-5;1-2/h1-4,8H;1-2H3. The van der Waals surface area contributed by atoms with Crippen LogP contribution < -0.4 is 0 Å². The summed E-state index contributed by atoms with van der Waals surface area (Å²) in [4.78, 5) is 0. The molecule has 0 bridgehead atoms. The summed E-state index contributed by atoms with van der Waals surface area (Å²) >= 11 is 3.23. The molecule has 0 saturated heterocycles. The molecule has 0 aromatic heterocycles. The van der Waals surface area contributed by atoms with Crippen molar-refractivity contribution in [3.63, 3.8) is 0 Å². The molecule has 1 rings (SSSR count). The van der Waals surface area contributed by atoms with Crippen LogP contribution in [0, 0.1) is 0 Å². The molecular formula is C8H11BrO. The van der Waals surface area contributed by atoms with Crippen molar-refractivity contribution in [1.82, 2.24) is 0 Å². The predicted octanol–water partition coefficient (Wildman–Crippen LogP) is 3.18. The van der Waals surface area contributed by atoms with Gasteiger partial charge in [-0.2, -0.15) is 0 Å². The first-order valence-corrected chi connectivity index (χ1v) is 4.03. The first-order chi connectivity index (χ1) is 4.79. The Morgan fingerprint density at radius 3 is 1.80 bits per heavy atom. The molecular weight excluding hydrogens is 192 g/mol. The van der Waals surface area contributed by atoms with Gasteiger partial charge in [0.05, 0.1) is 0 Å². The largest absolute Gasteiger partial charge is 0.508 e. The van der Waals surface area contributed by atoms with Gasteiger partial charge in [-0.3, -0.25) is 0 Å². The minimum absolute atomic E-state index is 0.299. The SMILES string of the molecule is CC.Oc1ccc(Br)cc1. The van der Waals surface area contributed by atoms with E-state index in [-0.39, 0.29) is 0 Å². The van der Waals surface area contributed by atoms with Crippen LogP contribution in [0.4, 0.5) is 0 Å². The van der Waals surface area contributed by atoms with Crippen LogP contribution in [-0.4, -0.2) is 5.11 Å². The van der Waals surface area contributed by atoms with Gasteiger partial charge in [-0.15, -0.1) is 0 Å². The second-order valence-corrected chi connectivity index (χ2v) is 2.39. The Balaban J connectivity index is 0.000000371. The van der Waals surface area contributed by atoms with Gasteiger partial charge in [0, 0.05) is 4.47 Å². The third kappa shape index (κ3) is 3.51. The fourth-order valence-electron chi connectivity index (χ4n) is 0.441. The number of phenolic OH excluding ortho intramolecular Hbond substituents is 1. The van der Waals surface area contributed by atoms with Crippen LogP contribution in [0.3, 0.4) is 0 Å². The van der Waals surface area contributed by atoms with E-state index in [2.05, 4.69) is 15.9 Å². The van der Waals surface area contributed by atoms with Crippen molar-refractivity contribution in [2.75, 3.05) is 0 Å². The highest BCUT2D eigenvalue weighted by Gasteiger charge is 1.83. The molecule has 0 heterocycles. The average molecular weight is 203 g/mol. The molecule has 0 aliphatic carbocycles. The van der Waals surface area contributed by atoms with Crippen LogP contribution in [0.25, 0.3) is 0 Å². The van der Waals surface area contributed by atoms with E-state index in [0.29, 0.717) is 5.75 Å². The molecule has 1 nitrogen and oxygen atoms in total. The third-order valence-electron chi connectivity index (χ3n) is 0.827. The number of benzene rings is 1. The highest BCUT2D eigenvalue weighted by molar-refractivity contribution is 9.10. The Kier molecular flexibility index (Phi) is 5.03. The van der Waals surface area contributed by atoms with E-state index >= 15 is 0 Å². The van der Waals surface area contributed by atoms with Gasteiger partial charge in [-0.25, -0.2) is 0 Å². The summed E-state index contributed by atoms with van der Waals surface area (Å²) in [6.45, 7) is 4.00. The molecule has 2 heteroatoms. The van der Waals surface area contributed by atoms with Gasteiger partial charge in [-0.1, -0.05) is 29.8 Å². The molecule has 0 atom stereocenters. The van der Waals surface area contributed by atoms with Gasteiger partial charge in [0.1, 0.15) is 5.75 Å². The number of rotatable bonds is 0. The molecule has 0 spiro atoms. The molecule has 0 saturated carbocycles. The molecule has 0 aliphatic rings. The van der Waals surface area contributed by atoms with Crippen molar-refractivity contribution < 1.29 is 5.11 Å². The smallest absolute Gasteiger partial charge is 0.115 e. The van der Waals surface area contributed by atoms with E-state index in [4.69, 9.17) is 5.11 Å². The summed E-state index contributed by atoms with van der Waals surface area (Å²) in [5, 5.41) is 8.74. The number of hydrogen-bond donors (Lipinski definition) is 1. The fourth-order valence-corrected chi connectivity index (χ4v) is 0.705. The molecule has 1 aromatic carbocycles. The van der Waals surface area contributed by atoms with Crippen molar-refractivity contribution in [2.45, 2.75) is 13.8 Å². The van der Waals surface area contributed by atoms with Crippen LogP contribution in [-0.2, 0) is 0 Å². The molecule has 0 amide bonds. The molecule has 10 heavy (non-hydrogen) atoms. The summed E-state index contributed by atoms with van der Waals surface area (Å²) in [5.41, 5.74) is 0. The van der Waals surface area contributed by atoms with E-state index < -0.39 is 0 Å². The van der Waals surface area contributed by atoms with Gasteiger partial charge < -0.3 is 5.11 Å². The number of aromatic hydroxyl groups is 1. The monoisotopic (exact) mass is 202 g/mol. The Morgan fingerprint density at radius 2 is 1.50 bits per heavy atom. The van der Waals surface area contributed by atoms with Gasteiger partial charge in [0.25, 0.3) is 0 Å². The molecule has 0 fully saturated rings. The quantitative estimate of drug-likeness (QED) is 0.686. The number of hydrogen-bond acceptors (Lipinski definition) is 1. The molecule has 0 radical (unpaired) electrons. The zero-order valence-corrected chi connectivity index (χ0v) is 7.72. The first-order valence-electron chi connectivity index (χ1n) is 3.23. The minimum Gasteiger partial charge on any atom is -0.508 e. The van der Waals surface area contributed by atoms with E-state index in [9.17, 15) is 0 Å². The maximum absolute atomic E-state index is 8.74. The number of halogens is 1. The van der Waals surface area contributed by atoms with Crippen molar-refractivity contribution in [3.05, 3.63) is 28.7 Å². The second kappa shape index (κ2) is 5.30. The maximum Gasteiger partial charge on any atom is 0.115 e. The van der Waals surface area contributed by atoms with Crippen molar-refractivity contribution in [3.8, 4) is 5.75 Å². The van der Waals surface area contributed by atoms with Crippen LogP contribution in [0.2, 0.25) is 0 Å². The molecule has 0 unspecified atom stereocenters. The lowest BCUT2D eigenvalue weighted by Gasteiger charge is -1.87. The highest BCUT2D eigenvalue weighted by atomic mass is 79.9. The van der Waals surface area contributed by atoms with Gasteiger partial charge >= 0.3 is 0 Å². The summed E-state index contributed by atoms with van der Waals surface area (Å²) < 4.78 is 0.982. The predicted molar refractivity (Wildman–Crippen MR) is 47.2 cm³/mol. The Bertz CT molecular complexity index is 148. The van der Waals surface area contributed by atoms with Crippen LogP contribution in [0.5, 0.6) is 5.75 Å². The Morgan fingerprint density at radius 1 is 1.10 bits per heavy atom.